The largest absolute Gasteiger partial charge is 0.497 e. The highest BCUT2D eigenvalue weighted by Crippen LogP contribution is 2.37. The topological polar surface area (TPSA) is 115 Å². The highest BCUT2D eigenvalue weighted by Gasteiger charge is 2.24. The second-order valence-electron chi connectivity index (χ2n) is 8.41. The van der Waals surface area contributed by atoms with Gasteiger partial charge in [-0.15, -0.1) is 0 Å². The molecule has 0 saturated carbocycles. The van der Waals surface area contributed by atoms with Crippen LogP contribution in [0.4, 0.5) is 0 Å². The van der Waals surface area contributed by atoms with Crippen LogP contribution in [0, 0.1) is 6.92 Å². The molecular formula is C27H36ClN5O3. The van der Waals surface area contributed by atoms with Crippen LogP contribution in [0.2, 0.25) is 5.15 Å². The number of fused-ring (bicyclic) bond motifs is 1. The second kappa shape index (κ2) is 12.4. The number of amides is 1. The van der Waals surface area contributed by atoms with Gasteiger partial charge >= 0.3 is 0 Å². The van der Waals surface area contributed by atoms with Crippen LogP contribution in [0.3, 0.4) is 0 Å². The molecule has 8 nitrogen and oxygen atoms in total. The van der Waals surface area contributed by atoms with Gasteiger partial charge in [-0.2, -0.15) is 5.10 Å². The summed E-state index contributed by atoms with van der Waals surface area (Å²) in [5.41, 5.74) is 10.7. The lowest BCUT2D eigenvalue weighted by molar-refractivity contribution is -0.117. The number of H-pyrrole nitrogens is 1. The molecule has 0 spiro atoms. The van der Waals surface area contributed by atoms with E-state index in [1.54, 1.807) is 14.0 Å². The third kappa shape index (κ3) is 6.37. The van der Waals surface area contributed by atoms with E-state index in [1.165, 1.54) is 0 Å². The number of nitrogens with one attached hydrogen (secondary N) is 2. The fraction of sp³-hybridized carbons (Fsp3) is 0.370. The first-order valence-corrected chi connectivity index (χ1v) is 12.0. The van der Waals surface area contributed by atoms with Gasteiger partial charge in [0.05, 0.1) is 31.0 Å². The summed E-state index contributed by atoms with van der Waals surface area (Å²) >= 11 is 6.29. The minimum absolute atomic E-state index is 0.122. The molecule has 1 aromatic carbocycles. The van der Waals surface area contributed by atoms with E-state index in [9.17, 15) is 4.79 Å². The molecule has 0 fully saturated rings. The number of nitrogens with two attached hydrogens (primary N) is 1. The van der Waals surface area contributed by atoms with Gasteiger partial charge in [0.15, 0.2) is 5.75 Å². The maximum absolute atomic E-state index is 13.3. The van der Waals surface area contributed by atoms with Crippen molar-refractivity contribution < 1.29 is 14.3 Å². The highest BCUT2D eigenvalue weighted by molar-refractivity contribution is 6.34. The van der Waals surface area contributed by atoms with Crippen molar-refractivity contribution in [2.75, 3.05) is 13.7 Å². The average Bonchev–Trinajstić information content (AvgIpc) is 3.20. The molecule has 1 heterocycles. The summed E-state index contributed by atoms with van der Waals surface area (Å²) < 4.78 is 11.2. The van der Waals surface area contributed by atoms with Crippen LogP contribution in [0.5, 0.6) is 5.75 Å². The predicted octanol–water partition coefficient (Wildman–Crippen LogP) is 5.80. The Morgan fingerprint density at radius 1 is 1.39 bits per heavy atom. The number of aliphatic imine (C=N–C) groups is 1. The Balaban J connectivity index is 2.46. The molecule has 9 heteroatoms. The van der Waals surface area contributed by atoms with E-state index in [1.807, 2.05) is 59.8 Å². The molecule has 0 aliphatic heterocycles. The molecule has 194 valence electrons. The summed E-state index contributed by atoms with van der Waals surface area (Å²) in [6.07, 6.45) is 3.73. The Bertz CT molecular complexity index is 1280. The van der Waals surface area contributed by atoms with Crippen molar-refractivity contribution in [3.63, 3.8) is 0 Å². The normalized spacial score (nSPS) is 14.4. The predicted molar refractivity (Wildman–Crippen MR) is 147 cm³/mol. The Labute approximate surface area is 218 Å². The first-order chi connectivity index (χ1) is 17.0. The number of hydrogen-bond donors (Lipinski definition) is 3. The van der Waals surface area contributed by atoms with E-state index in [4.69, 9.17) is 26.8 Å². The number of rotatable bonds is 10. The zero-order valence-electron chi connectivity index (χ0n) is 22.3. The Kier molecular flexibility index (Phi) is 9.93. The van der Waals surface area contributed by atoms with Crippen molar-refractivity contribution in [1.82, 2.24) is 15.5 Å². The van der Waals surface area contributed by atoms with Crippen molar-refractivity contribution in [2.45, 2.75) is 54.5 Å². The standard InChI is InChI=1S/C27H36ClN5O3/c1-10-20(35-9)12-14(3)17(6)30-19(8)23(16(5)29)27(34)31-18(7)21-13-15(4)22-24(25(21)36-11-2)32-33-26(22)28/h10,12-13,18H,5,11,29H2,1-4,6-9H3,(H,31,34)(H,32,33)/b14-12+,20-10+,23-19-,30-17-. The van der Waals surface area contributed by atoms with Crippen LogP contribution >= 0.6 is 11.6 Å². The van der Waals surface area contributed by atoms with E-state index < -0.39 is 11.9 Å². The number of aromatic nitrogens is 2. The number of allylic oxidation sites excluding steroid dienone is 4. The van der Waals surface area contributed by atoms with Gasteiger partial charge in [0, 0.05) is 22.4 Å². The molecule has 0 aliphatic carbocycles. The number of nitrogens with zero attached hydrogens (tertiary/aromatic N) is 2. The van der Waals surface area contributed by atoms with Crippen molar-refractivity contribution in [1.29, 1.82) is 0 Å². The van der Waals surface area contributed by atoms with E-state index in [0.29, 0.717) is 34.5 Å². The summed E-state index contributed by atoms with van der Waals surface area (Å²) in [4.78, 5) is 18.0. The molecule has 0 aliphatic rings. The summed E-state index contributed by atoms with van der Waals surface area (Å²) in [6.45, 7) is 17.3. The number of ether oxygens (including phenoxy) is 2. The SMILES string of the molecule is C=C(N)/C(C(=O)NC(C)c1cc(C)c2c(Cl)[nH]nc2c1OCC)=C(C)/N=C(C)\C(C)=C\C(=C/C)OC. The van der Waals surface area contributed by atoms with Gasteiger partial charge in [0.2, 0.25) is 0 Å². The molecule has 4 N–H and O–H groups in total. The first kappa shape index (κ1) is 28.7. The van der Waals surface area contributed by atoms with Gasteiger partial charge < -0.3 is 20.5 Å². The van der Waals surface area contributed by atoms with Gasteiger partial charge in [0.25, 0.3) is 5.91 Å². The van der Waals surface area contributed by atoms with E-state index >= 15 is 0 Å². The number of carbonyl (C=O) groups is 1. The second-order valence-corrected chi connectivity index (χ2v) is 8.78. The van der Waals surface area contributed by atoms with Gasteiger partial charge in [-0.25, -0.2) is 0 Å². The Morgan fingerprint density at radius 3 is 2.61 bits per heavy atom. The highest BCUT2D eigenvalue weighted by atomic mass is 35.5. The van der Waals surface area contributed by atoms with E-state index in [0.717, 1.165) is 27.8 Å². The first-order valence-electron chi connectivity index (χ1n) is 11.7. The monoisotopic (exact) mass is 513 g/mol. The molecule has 2 aromatic rings. The van der Waals surface area contributed by atoms with Crippen LogP contribution in [0.1, 0.15) is 58.7 Å². The fourth-order valence-corrected chi connectivity index (χ4v) is 4.11. The number of halogens is 1. The van der Waals surface area contributed by atoms with Crippen LogP contribution in [0.25, 0.3) is 10.9 Å². The summed E-state index contributed by atoms with van der Waals surface area (Å²) in [5.74, 6) is 0.890. The van der Waals surface area contributed by atoms with Crippen molar-refractivity contribution in [3.8, 4) is 5.75 Å². The maximum Gasteiger partial charge on any atom is 0.255 e. The van der Waals surface area contributed by atoms with Crippen LogP contribution < -0.4 is 15.8 Å². The Morgan fingerprint density at radius 2 is 2.06 bits per heavy atom. The molecule has 0 bridgehead atoms. The fourth-order valence-electron chi connectivity index (χ4n) is 3.83. The molecular weight excluding hydrogens is 478 g/mol. The van der Waals surface area contributed by atoms with Crippen molar-refractivity contribution >= 4 is 34.1 Å². The summed E-state index contributed by atoms with van der Waals surface area (Å²) in [7, 11) is 1.61. The average molecular weight is 514 g/mol. The Hall–Kier alpha value is -3.52. The maximum atomic E-state index is 13.3. The number of carbonyl (C=O) groups excluding carboxylic acids is 1. The van der Waals surface area contributed by atoms with Crippen LogP contribution in [0.15, 0.2) is 58.1 Å². The van der Waals surface area contributed by atoms with Gasteiger partial charge in [0.1, 0.15) is 16.4 Å². The third-order valence-electron chi connectivity index (χ3n) is 5.76. The van der Waals surface area contributed by atoms with Gasteiger partial charge in [-0.3, -0.25) is 14.9 Å². The van der Waals surface area contributed by atoms with Crippen molar-refractivity contribution in [3.05, 3.63) is 69.4 Å². The number of aromatic amines is 1. The van der Waals surface area contributed by atoms with Crippen LogP contribution in [-0.4, -0.2) is 35.5 Å². The molecule has 1 atom stereocenters. The molecule has 0 radical (unpaired) electrons. The molecule has 2 rings (SSSR count). The minimum atomic E-state index is -0.426. The lowest BCUT2D eigenvalue weighted by Crippen LogP contribution is -2.30. The molecule has 1 aromatic heterocycles. The number of methoxy groups -OCH3 is 1. The molecule has 1 unspecified atom stereocenters. The molecule has 36 heavy (non-hydrogen) atoms. The lowest BCUT2D eigenvalue weighted by Gasteiger charge is -2.20. The zero-order chi connectivity index (χ0) is 27.2. The lowest BCUT2D eigenvalue weighted by atomic mass is 10.00. The summed E-state index contributed by atoms with van der Waals surface area (Å²) in [5, 5.41) is 11.4. The van der Waals surface area contributed by atoms with Crippen LogP contribution in [-0.2, 0) is 9.53 Å². The number of benzene rings is 1. The van der Waals surface area contributed by atoms with Gasteiger partial charge in [-0.05, 0) is 77.8 Å². The van der Waals surface area contributed by atoms with Gasteiger partial charge in [-0.1, -0.05) is 18.2 Å². The summed E-state index contributed by atoms with van der Waals surface area (Å²) in [6, 6.07) is 1.52. The molecule has 0 saturated heterocycles. The smallest absolute Gasteiger partial charge is 0.255 e. The van der Waals surface area contributed by atoms with E-state index in [-0.39, 0.29) is 11.3 Å². The zero-order valence-corrected chi connectivity index (χ0v) is 23.1. The van der Waals surface area contributed by atoms with E-state index in [2.05, 4.69) is 27.1 Å². The number of aryl methyl sites for hydroxylation is 1. The quantitative estimate of drug-likeness (QED) is 0.161. The minimum Gasteiger partial charge on any atom is -0.497 e. The third-order valence-corrected chi connectivity index (χ3v) is 6.04. The number of hydrogen-bond acceptors (Lipinski definition) is 6. The van der Waals surface area contributed by atoms with Crippen molar-refractivity contribution in [2.24, 2.45) is 10.7 Å². The molecule has 1 amide bonds.